The zero-order valence-electron chi connectivity index (χ0n) is 23.5. The molecule has 38 heavy (non-hydrogen) atoms. The summed E-state index contributed by atoms with van der Waals surface area (Å²) < 4.78 is 5.24. The van der Waals surface area contributed by atoms with Crippen LogP contribution in [0.4, 0.5) is 5.69 Å². The molecule has 1 heterocycles. The second-order valence-corrected chi connectivity index (χ2v) is 11.2. The van der Waals surface area contributed by atoms with Crippen molar-refractivity contribution in [2.45, 2.75) is 63.5 Å². The van der Waals surface area contributed by atoms with E-state index in [0.29, 0.717) is 13.1 Å². The number of hydrogen-bond donors (Lipinski definition) is 1. The Balaban J connectivity index is 1.18. The van der Waals surface area contributed by atoms with Gasteiger partial charge in [0.15, 0.2) is 0 Å². The monoisotopic (exact) mass is 520 g/mol. The summed E-state index contributed by atoms with van der Waals surface area (Å²) in [5.74, 6) is 0.910. The Kier molecular flexibility index (Phi) is 9.31. The van der Waals surface area contributed by atoms with Crippen LogP contribution in [0.15, 0.2) is 48.5 Å². The first-order chi connectivity index (χ1) is 18.3. The van der Waals surface area contributed by atoms with Crippen LogP contribution in [-0.4, -0.2) is 80.6 Å². The molecule has 0 radical (unpaired) electrons. The highest BCUT2D eigenvalue weighted by molar-refractivity contribution is 5.84. The summed E-state index contributed by atoms with van der Waals surface area (Å²) in [6, 6.07) is 17.1. The Hall–Kier alpha value is -3.06. The fourth-order valence-electron chi connectivity index (χ4n) is 5.85. The molecule has 2 amide bonds. The minimum atomic E-state index is -0.00361. The van der Waals surface area contributed by atoms with Gasteiger partial charge in [0, 0.05) is 56.3 Å². The molecule has 0 unspecified atom stereocenters. The highest BCUT2D eigenvalue weighted by Crippen LogP contribution is 2.35. The van der Waals surface area contributed by atoms with Crippen LogP contribution < -0.4 is 15.0 Å². The van der Waals surface area contributed by atoms with Crippen LogP contribution in [0.3, 0.4) is 0 Å². The molecular formula is C31H44N4O3. The number of anilines is 1. The summed E-state index contributed by atoms with van der Waals surface area (Å²) in [4.78, 5) is 32.0. The summed E-state index contributed by atoms with van der Waals surface area (Å²) >= 11 is 0. The molecule has 1 aliphatic heterocycles. The predicted octanol–water partition coefficient (Wildman–Crippen LogP) is 4.03. The van der Waals surface area contributed by atoms with E-state index in [-0.39, 0.29) is 36.2 Å². The topological polar surface area (TPSA) is 65.1 Å². The Morgan fingerprint density at radius 2 is 1.58 bits per heavy atom. The Labute approximate surface area is 228 Å². The number of carbonyl (C=O) groups is 2. The number of ether oxygens (including phenoxy) is 1. The molecule has 1 saturated carbocycles. The minimum Gasteiger partial charge on any atom is -0.497 e. The van der Waals surface area contributed by atoms with Gasteiger partial charge >= 0.3 is 0 Å². The maximum Gasteiger partial charge on any atom is 0.223 e. The van der Waals surface area contributed by atoms with Crippen LogP contribution in [-0.2, 0) is 16.0 Å². The van der Waals surface area contributed by atoms with Gasteiger partial charge in [-0.05, 0) is 83.0 Å². The van der Waals surface area contributed by atoms with Crippen molar-refractivity contribution in [1.29, 1.82) is 0 Å². The highest BCUT2D eigenvalue weighted by Gasteiger charge is 2.37. The third-order valence-corrected chi connectivity index (χ3v) is 8.52. The van der Waals surface area contributed by atoms with E-state index in [0.717, 1.165) is 56.6 Å². The maximum atomic E-state index is 12.8. The zero-order valence-corrected chi connectivity index (χ0v) is 23.5. The SMILES string of the molecule is COc1ccc(N2CCN(C(=O)CCC(=O)NC3CCC(Cc4ccc(C)cc4)(N(C)C)CC3)CC2)cc1. The Morgan fingerprint density at radius 3 is 2.16 bits per heavy atom. The lowest BCUT2D eigenvalue weighted by Gasteiger charge is -2.45. The van der Waals surface area contributed by atoms with Crippen LogP contribution >= 0.6 is 0 Å². The zero-order chi connectivity index (χ0) is 27.1. The summed E-state index contributed by atoms with van der Waals surface area (Å²) in [6.07, 6.45) is 5.61. The number of nitrogens with zero attached hydrogens (tertiary/aromatic N) is 3. The fraction of sp³-hybridized carbons (Fsp3) is 0.548. The van der Waals surface area contributed by atoms with Crippen LogP contribution in [0.25, 0.3) is 0 Å². The van der Waals surface area contributed by atoms with E-state index in [4.69, 9.17) is 4.74 Å². The average molecular weight is 521 g/mol. The molecule has 2 aromatic rings. The van der Waals surface area contributed by atoms with Crippen molar-refractivity contribution in [3.8, 4) is 5.75 Å². The van der Waals surface area contributed by atoms with Gasteiger partial charge in [0.25, 0.3) is 0 Å². The number of carbonyl (C=O) groups excluding carboxylic acids is 2. The van der Waals surface area contributed by atoms with Crippen LogP contribution in [0, 0.1) is 6.92 Å². The number of hydrogen-bond acceptors (Lipinski definition) is 5. The molecule has 4 rings (SSSR count). The molecule has 1 saturated heterocycles. The lowest BCUT2D eigenvalue weighted by Crippen LogP contribution is -2.52. The third-order valence-electron chi connectivity index (χ3n) is 8.52. The number of benzene rings is 2. The van der Waals surface area contributed by atoms with Gasteiger partial charge < -0.3 is 24.8 Å². The van der Waals surface area contributed by atoms with Crippen molar-refractivity contribution in [3.05, 3.63) is 59.7 Å². The summed E-state index contributed by atoms with van der Waals surface area (Å²) in [5, 5.41) is 3.22. The van der Waals surface area contributed by atoms with Crippen molar-refractivity contribution in [1.82, 2.24) is 15.1 Å². The van der Waals surface area contributed by atoms with Gasteiger partial charge in [0.1, 0.15) is 5.75 Å². The van der Waals surface area contributed by atoms with Gasteiger partial charge in [-0.2, -0.15) is 0 Å². The molecule has 7 nitrogen and oxygen atoms in total. The van der Waals surface area contributed by atoms with Crippen LogP contribution in [0.2, 0.25) is 0 Å². The number of piperazine rings is 1. The Bertz CT molecular complexity index is 1050. The quantitative estimate of drug-likeness (QED) is 0.541. The minimum absolute atomic E-state index is 0.00361. The van der Waals surface area contributed by atoms with E-state index in [9.17, 15) is 9.59 Å². The van der Waals surface area contributed by atoms with E-state index in [1.54, 1.807) is 7.11 Å². The van der Waals surface area contributed by atoms with Crippen molar-refractivity contribution < 1.29 is 14.3 Å². The van der Waals surface area contributed by atoms with Gasteiger partial charge in [0.05, 0.1) is 7.11 Å². The number of aryl methyl sites for hydroxylation is 1. The van der Waals surface area contributed by atoms with Crippen molar-refractivity contribution in [2.24, 2.45) is 0 Å². The summed E-state index contributed by atoms with van der Waals surface area (Å²) in [6.45, 7) is 5.08. The maximum absolute atomic E-state index is 12.8. The average Bonchev–Trinajstić information content (AvgIpc) is 2.94. The molecule has 2 aromatic carbocycles. The molecule has 0 bridgehead atoms. The Morgan fingerprint density at radius 1 is 0.947 bits per heavy atom. The molecule has 206 valence electrons. The number of likely N-dealkylation sites (N-methyl/N-ethyl adjacent to an activating group) is 1. The second kappa shape index (κ2) is 12.7. The molecule has 2 aliphatic rings. The third kappa shape index (κ3) is 7.07. The van der Waals surface area contributed by atoms with E-state index < -0.39 is 0 Å². The lowest BCUT2D eigenvalue weighted by atomic mass is 9.74. The molecule has 7 heteroatoms. The predicted molar refractivity (Wildman–Crippen MR) is 153 cm³/mol. The molecule has 0 aromatic heterocycles. The van der Waals surface area contributed by atoms with Crippen molar-refractivity contribution >= 4 is 17.5 Å². The first-order valence-electron chi connectivity index (χ1n) is 14.0. The summed E-state index contributed by atoms with van der Waals surface area (Å²) in [5.41, 5.74) is 3.92. The second-order valence-electron chi connectivity index (χ2n) is 11.2. The largest absolute Gasteiger partial charge is 0.497 e. The highest BCUT2D eigenvalue weighted by atomic mass is 16.5. The number of rotatable bonds is 9. The van der Waals surface area contributed by atoms with Gasteiger partial charge in [-0.1, -0.05) is 29.8 Å². The van der Waals surface area contributed by atoms with Crippen LogP contribution in [0.5, 0.6) is 5.75 Å². The first kappa shape index (κ1) is 28.0. The first-order valence-corrected chi connectivity index (χ1v) is 14.0. The van der Waals surface area contributed by atoms with E-state index in [1.165, 1.54) is 11.1 Å². The molecule has 2 fully saturated rings. The lowest BCUT2D eigenvalue weighted by molar-refractivity contribution is -0.134. The van der Waals surface area contributed by atoms with Gasteiger partial charge in [-0.25, -0.2) is 0 Å². The van der Waals surface area contributed by atoms with Crippen LogP contribution in [0.1, 0.15) is 49.7 Å². The molecule has 1 aliphatic carbocycles. The van der Waals surface area contributed by atoms with Crippen molar-refractivity contribution in [2.75, 3.05) is 52.3 Å². The number of nitrogens with one attached hydrogen (secondary N) is 1. The van der Waals surface area contributed by atoms with Gasteiger partial charge in [0.2, 0.25) is 11.8 Å². The molecule has 0 atom stereocenters. The molecular weight excluding hydrogens is 476 g/mol. The smallest absolute Gasteiger partial charge is 0.223 e. The number of methoxy groups -OCH3 is 1. The molecule has 1 N–H and O–H groups in total. The van der Waals surface area contributed by atoms with Gasteiger partial charge in [-0.3, -0.25) is 9.59 Å². The molecule has 0 spiro atoms. The van der Waals surface area contributed by atoms with Crippen molar-refractivity contribution in [3.63, 3.8) is 0 Å². The normalized spacial score (nSPS) is 21.9. The standard InChI is InChI=1S/C31H44N4O3/c1-24-5-7-25(8-6-24)23-31(33(2)3)17-15-26(16-18-31)32-29(36)13-14-30(37)35-21-19-34(20-22-35)27-9-11-28(38-4)12-10-27/h5-12,26H,13-23H2,1-4H3,(H,32,36). The van der Waals surface area contributed by atoms with E-state index in [2.05, 4.69) is 72.5 Å². The van der Waals surface area contributed by atoms with Gasteiger partial charge in [-0.15, -0.1) is 0 Å². The van der Waals surface area contributed by atoms with E-state index in [1.807, 2.05) is 17.0 Å². The fourth-order valence-corrected chi connectivity index (χ4v) is 5.85. The number of amides is 2. The van der Waals surface area contributed by atoms with E-state index >= 15 is 0 Å². The summed E-state index contributed by atoms with van der Waals surface area (Å²) in [7, 11) is 6.02.